The lowest BCUT2D eigenvalue weighted by Gasteiger charge is -2.42. The lowest BCUT2D eigenvalue weighted by atomic mass is 10.0. The number of aromatic nitrogens is 2. The molecule has 2 aromatic rings. The zero-order valence-electron chi connectivity index (χ0n) is 16.1. The number of β-lactam (4-membered cyclic amide) rings is 1. The van der Waals surface area contributed by atoms with E-state index in [1.165, 1.54) is 12.3 Å². The highest BCUT2D eigenvalue weighted by Gasteiger charge is 2.51. The van der Waals surface area contributed by atoms with E-state index in [0.29, 0.717) is 4.73 Å². The van der Waals surface area contributed by atoms with Gasteiger partial charge in [-0.05, 0) is 6.92 Å². The molecule has 0 radical (unpaired) electrons. The molecule has 17 heteroatoms. The summed E-state index contributed by atoms with van der Waals surface area (Å²) in [5.41, 5.74) is 4.21. The maximum absolute atomic E-state index is 12.7. The van der Waals surface area contributed by atoms with Crippen molar-refractivity contribution in [3.63, 3.8) is 0 Å². The van der Waals surface area contributed by atoms with E-state index in [9.17, 15) is 33.1 Å². The fraction of sp³-hybridized carbons (Fsp3) is 0.267. The van der Waals surface area contributed by atoms with Crippen LogP contribution in [0.15, 0.2) is 27.6 Å². The average Bonchev–Trinajstić information content (AvgIpc) is 3.11. The molecule has 1 aliphatic rings. The maximum atomic E-state index is 12.7. The van der Waals surface area contributed by atoms with Crippen LogP contribution in [0.4, 0.5) is 5.13 Å². The minimum absolute atomic E-state index is 0.0249. The molecule has 0 saturated carbocycles. The molecule has 0 unspecified atom stereocenters. The van der Waals surface area contributed by atoms with E-state index in [-0.39, 0.29) is 20.8 Å². The Bertz CT molecular complexity index is 1270. The molecule has 0 bridgehead atoms. The predicted molar refractivity (Wildman–Crippen MR) is 107 cm³/mol. The van der Waals surface area contributed by atoms with Crippen molar-refractivity contribution in [1.29, 1.82) is 0 Å². The third-order valence-electron chi connectivity index (χ3n) is 4.31. The summed E-state index contributed by atoms with van der Waals surface area (Å²) < 4.78 is 32.1. The zero-order chi connectivity index (χ0) is 23.8. The van der Waals surface area contributed by atoms with Crippen LogP contribution in [-0.2, 0) is 31.3 Å². The van der Waals surface area contributed by atoms with E-state index in [4.69, 9.17) is 15.1 Å². The van der Waals surface area contributed by atoms with E-state index in [1.807, 2.05) is 0 Å². The zero-order valence-corrected chi connectivity index (χ0v) is 17.7. The number of pyridine rings is 1. The number of nitrogens with zero attached hydrogens (tertiary/aromatic N) is 4. The van der Waals surface area contributed by atoms with Crippen LogP contribution in [0.5, 0.6) is 5.75 Å². The molecule has 3 rings (SSSR count). The maximum Gasteiger partial charge on any atom is 0.362 e. The summed E-state index contributed by atoms with van der Waals surface area (Å²) in [5, 5.41) is 26.3. The Labute approximate surface area is 183 Å². The first-order chi connectivity index (χ1) is 14.9. The van der Waals surface area contributed by atoms with Gasteiger partial charge >= 0.3 is 10.3 Å². The summed E-state index contributed by atoms with van der Waals surface area (Å²) in [6.07, 6.45) is 0.740. The molecule has 172 valence electrons. The van der Waals surface area contributed by atoms with Crippen LogP contribution in [0, 0.1) is 0 Å². The van der Waals surface area contributed by atoms with Gasteiger partial charge in [-0.25, -0.2) is 9.29 Å². The highest BCUT2D eigenvalue weighted by atomic mass is 32.2. The number of hydrogen-bond acceptors (Lipinski definition) is 12. The fourth-order valence-corrected chi connectivity index (χ4v) is 4.17. The second kappa shape index (κ2) is 8.44. The van der Waals surface area contributed by atoms with Crippen molar-refractivity contribution in [2.75, 3.05) is 5.73 Å². The van der Waals surface area contributed by atoms with Gasteiger partial charge in [0.1, 0.15) is 17.4 Å². The first-order valence-corrected chi connectivity index (χ1v) is 10.8. The van der Waals surface area contributed by atoms with Gasteiger partial charge in [0.25, 0.3) is 11.8 Å². The molecule has 2 atom stereocenters. The van der Waals surface area contributed by atoms with Gasteiger partial charge in [-0.3, -0.25) is 18.9 Å². The number of oxime groups is 1. The topological polar surface area (TPSA) is 227 Å². The molecular formula is C15H16N6O9S2. The summed E-state index contributed by atoms with van der Waals surface area (Å²) in [7, 11) is -4.78. The van der Waals surface area contributed by atoms with Crippen LogP contribution >= 0.6 is 11.3 Å². The molecule has 3 heterocycles. The monoisotopic (exact) mass is 488 g/mol. The number of aromatic hydroxyl groups is 1. The Balaban J connectivity index is 1.79. The van der Waals surface area contributed by atoms with E-state index in [1.54, 1.807) is 0 Å². The van der Waals surface area contributed by atoms with Crippen molar-refractivity contribution in [2.45, 2.75) is 25.6 Å². The van der Waals surface area contributed by atoms with Gasteiger partial charge in [-0.2, -0.15) is 13.1 Å². The lowest BCUT2D eigenvalue weighted by molar-refractivity contribution is -0.143. The molecule has 1 saturated heterocycles. The molecule has 32 heavy (non-hydrogen) atoms. The summed E-state index contributed by atoms with van der Waals surface area (Å²) in [6.45, 7) is 0.789. The van der Waals surface area contributed by atoms with Crippen LogP contribution < -0.4 is 16.5 Å². The van der Waals surface area contributed by atoms with Crippen LogP contribution in [0.3, 0.4) is 0 Å². The van der Waals surface area contributed by atoms with Crippen molar-refractivity contribution in [3.05, 3.63) is 39.3 Å². The van der Waals surface area contributed by atoms with Crippen molar-refractivity contribution < 1.29 is 37.7 Å². The van der Waals surface area contributed by atoms with Crippen molar-refractivity contribution in [2.24, 2.45) is 5.16 Å². The van der Waals surface area contributed by atoms with Gasteiger partial charge in [-0.1, -0.05) is 5.16 Å². The third-order valence-corrected chi connectivity index (χ3v) is 5.99. The third kappa shape index (κ3) is 4.48. The number of carbonyl (C=O) groups is 2. The minimum atomic E-state index is -4.78. The molecular weight excluding hydrogens is 472 g/mol. The first kappa shape index (κ1) is 23.0. The molecule has 15 nitrogen and oxygen atoms in total. The number of nitrogens with one attached hydrogen (secondary N) is 1. The first-order valence-electron chi connectivity index (χ1n) is 8.56. The second-order valence-corrected chi connectivity index (χ2v) is 8.63. The normalized spacial score (nSPS) is 18.9. The number of nitrogen functional groups attached to an aromatic ring is 1. The average molecular weight is 488 g/mol. The van der Waals surface area contributed by atoms with E-state index >= 15 is 0 Å². The Kier molecular flexibility index (Phi) is 6.06. The van der Waals surface area contributed by atoms with Crippen LogP contribution in [-0.4, -0.2) is 66.9 Å². The van der Waals surface area contributed by atoms with Gasteiger partial charge in [0.05, 0.1) is 12.2 Å². The lowest BCUT2D eigenvalue weighted by Crippen LogP contribution is -2.71. The summed E-state index contributed by atoms with van der Waals surface area (Å²) >= 11 is 0.979. The SMILES string of the molecule is C[C@H]1[C@H](NC(=O)C(=NOCc2cc(=O)c(O)cn2O)c2csc(N)n2)C(=O)N1S(=O)(=O)O. The quantitative estimate of drug-likeness (QED) is 0.0966. The van der Waals surface area contributed by atoms with Crippen LogP contribution in [0.2, 0.25) is 0 Å². The van der Waals surface area contributed by atoms with Gasteiger partial charge in [0.15, 0.2) is 23.2 Å². The Morgan fingerprint density at radius 3 is 2.69 bits per heavy atom. The van der Waals surface area contributed by atoms with E-state index < -0.39 is 57.7 Å². The number of rotatable bonds is 7. The Morgan fingerprint density at radius 2 is 2.12 bits per heavy atom. The van der Waals surface area contributed by atoms with Crippen molar-refractivity contribution in [3.8, 4) is 5.75 Å². The molecule has 0 aliphatic carbocycles. The van der Waals surface area contributed by atoms with Gasteiger partial charge in [0, 0.05) is 11.4 Å². The highest BCUT2D eigenvalue weighted by Crippen LogP contribution is 2.23. The molecule has 6 N–H and O–H groups in total. The minimum Gasteiger partial charge on any atom is -0.503 e. The number of hydrogen-bond donors (Lipinski definition) is 5. The number of carbonyl (C=O) groups excluding carboxylic acids is 2. The van der Waals surface area contributed by atoms with Gasteiger partial charge < -0.3 is 26.2 Å². The Morgan fingerprint density at radius 1 is 1.44 bits per heavy atom. The summed E-state index contributed by atoms with van der Waals surface area (Å²) in [4.78, 5) is 45.1. The van der Waals surface area contributed by atoms with E-state index in [0.717, 1.165) is 23.6 Å². The highest BCUT2D eigenvalue weighted by molar-refractivity contribution is 7.84. The molecule has 1 aliphatic heterocycles. The van der Waals surface area contributed by atoms with Crippen LogP contribution in [0.25, 0.3) is 0 Å². The number of amides is 2. The fourth-order valence-electron chi connectivity index (χ4n) is 2.74. The number of anilines is 1. The molecule has 2 amide bonds. The van der Waals surface area contributed by atoms with Gasteiger partial charge in [0.2, 0.25) is 5.43 Å². The van der Waals surface area contributed by atoms with Crippen molar-refractivity contribution in [1.82, 2.24) is 19.3 Å². The number of thiazole rings is 1. The Hall–Kier alpha value is -3.70. The predicted octanol–water partition coefficient (Wildman–Crippen LogP) is -1.73. The summed E-state index contributed by atoms with van der Waals surface area (Å²) in [5.74, 6) is -2.72. The molecule has 0 aromatic carbocycles. The number of nitrogens with two attached hydrogens (primary N) is 1. The molecule has 2 aromatic heterocycles. The molecule has 0 spiro atoms. The standard InChI is InChI=1S/C15H16N6O9S2/c1-6-11(14(25)21(6)32(27,28)29)18-13(24)12(8-5-31-15(16)17-8)19-30-4-7-2-9(22)10(23)3-20(7)26/h2-3,5-6,11,23,26H,4H2,1H3,(H2,16,17)(H,18,24)(H,27,28,29)/t6-,11-/m0/s1. The smallest absolute Gasteiger partial charge is 0.362 e. The van der Waals surface area contributed by atoms with E-state index in [2.05, 4.69) is 15.5 Å². The summed E-state index contributed by atoms with van der Waals surface area (Å²) in [6, 6.07) is -1.46. The second-order valence-electron chi connectivity index (χ2n) is 6.45. The largest absolute Gasteiger partial charge is 0.503 e. The van der Waals surface area contributed by atoms with Gasteiger partial charge in [-0.15, -0.1) is 11.3 Å². The molecule has 1 fully saturated rings. The van der Waals surface area contributed by atoms with Crippen molar-refractivity contribution >= 4 is 44.3 Å². The van der Waals surface area contributed by atoms with Crippen LogP contribution in [0.1, 0.15) is 18.3 Å².